The van der Waals surface area contributed by atoms with Crippen molar-refractivity contribution in [2.45, 2.75) is 13.5 Å². The topological polar surface area (TPSA) is 75.4 Å². The molecule has 0 spiro atoms. The fourth-order valence-electron chi connectivity index (χ4n) is 2.97. The van der Waals surface area contributed by atoms with E-state index in [4.69, 9.17) is 5.11 Å². The predicted octanol–water partition coefficient (Wildman–Crippen LogP) is 1.72. The zero-order chi connectivity index (χ0) is 16.4. The molecule has 3 rings (SSSR count). The lowest BCUT2D eigenvalue weighted by Crippen LogP contribution is -2.29. The molecule has 1 aromatic heterocycles. The van der Waals surface area contributed by atoms with Crippen LogP contribution in [0.4, 0.5) is 0 Å². The summed E-state index contributed by atoms with van der Waals surface area (Å²) in [6, 6.07) is 9.88. The van der Waals surface area contributed by atoms with E-state index in [1.165, 1.54) is 0 Å². The van der Waals surface area contributed by atoms with Crippen LogP contribution >= 0.6 is 0 Å². The molecule has 1 aromatic carbocycles. The van der Waals surface area contributed by atoms with Crippen molar-refractivity contribution in [2.24, 2.45) is 11.8 Å². The van der Waals surface area contributed by atoms with Crippen molar-refractivity contribution in [1.29, 1.82) is 0 Å². The SMILES string of the molecule is C[C@@H]1CN(C(=O)c2cnn(Cc3ccccc3)c2)C[C@H]1C(=O)O. The molecule has 0 saturated carbocycles. The molecule has 6 heteroatoms. The van der Waals surface area contributed by atoms with Crippen LogP contribution in [0.3, 0.4) is 0 Å². The van der Waals surface area contributed by atoms with Crippen LogP contribution in [-0.4, -0.2) is 44.8 Å². The van der Waals surface area contributed by atoms with Crippen LogP contribution in [0, 0.1) is 11.8 Å². The highest BCUT2D eigenvalue weighted by molar-refractivity contribution is 5.94. The van der Waals surface area contributed by atoms with Crippen molar-refractivity contribution in [3.63, 3.8) is 0 Å². The molecule has 1 aliphatic heterocycles. The molecule has 1 fully saturated rings. The van der Waals surface area contributed by atoms with E-state index in [0.29, 0.717) is 18.7 Å². The number of nitrogens with zero attached hydrogens (tertiary/aromatic N) is 3. The minimum Gasteiger partial charge on any atom is -0.481 e. The van der Waals surface area contributed by atoms with E-state index in [1.807, 2.05) is 37.3 Å². The molecule has 23 heavy (non-hydrogen) atoms. The Labute approximate surface area is 134 Å². The molecule has 2 heterocycles. The number of carboxylic acid groups (broad SMARTS) is 1. The third kappa shape index (κ3) is 3.26. The van der Waals surface area contributed by atoms with Gasteiger partial charge in [-0.3, -0.25) is 14.3 Å². The van der Waals surface area contributed by atoms with Crippen LogP contribution in [-0.2, 0) is 11.3 Å². The number of carbonyl (C=O) groups is 2. The number of benzene rings is 1. The number of hydrogen-bond acceptors (Lipinski definition) is 3. The summed E-state index contributed by atoms with van der Waals surface area (Å²) in [5.41, 5.74) is 1.61. The van der Waals surface area contributed by atoms with Gasteiger partial charge in [0.1, 0.15) is 0 Å². The molecule has 6 nitrogen and oxygen atoms in total. The quantitative estimate of drug-likeness (QED) is 0.932. The van der Waals surface area contributed by atoms with Crippen molar-refractivity contribution in [3.8, 4) is 0 Å². The second-order valence-electron chi connectivity index (χ2n) is 6.04. The highest BCUT2D eigenvalue weighted by atomic mass is 16.4. The minimum atomic E-state index is -0.840. The van der Waals surface area contributed by atoms with Gasteiger partial charge >= 0.3 is 5.97 Å². The zero-order valence-corrected chi connectivity index (χ0v) is 12.9. The summed E-state index contributed by atoms with van der Waals surface area (Å²) in [6.07, 6.45) is 3.26. The first kappa shape index (κ1) is 15.3. The molecule has 120 valence electrons. The average molecular weight is 313 g/mol. The third-order valence-corrected chi connectivity index (χ3v) is 4.28. The highest BCUT2D eigenvalue weighted by Gasteiger charge is 2.37. The van der Waals surface area contributed by atoms with Gasteiger partial charge in [-0.05, 0) is 11.5 Å². The van der Waals surface area contributed by atoms with Gasteiger partial charge in [-0.2, -0.15) is 5.10 Å². The normalized spacial score (nSPS) is 20.7. The van der Waals surface area contributed by atoms with Crippen molar-refractivity contribution in [2.75, 3.05) is 13.1 Å². The Morgan fingerprint density at radius 2 is 2.00 bits per heavy atom. The molecular weight excluding hydrogens is 294 g/mol. The van der Waals surface area contributed by atoms with Crippen LogP contribution < -0.4 is 0 Å². The van der Waals surface area contributed by atoms with E-state index in [2.05, 4.69) is 5.10 Å². The smallest absolute Gasteiger partial charge is 0.308 e. The zero-order valence-electron chi connectivity index (χ0n) is 12.9. The van der Waals surface area contributed by atoms with Gasteiger partial charge in [-0.15, -0.1) is 0 Å². The van der Waals surface area contributed by atoms with Crippen molar-refractivity contribution in [3.05, 3.63) is 53.9 Å². The van der Waals surface area contributed by atoms with E-state index < -0.39 is 11.9 Å². The number of likely N-dealkylation sites (tertiary alicyclic amines) is 1. The average Bonchev–Trinajstić information content (AvgIpc) is 3.14. The monoisotopic (exact) mass is 313 g/mol. The molecule has 0 bridgehead atoms. The summed E-state index contributed by atoms with van der Waals surface area (Å²) in [6.45, 7) is 3.20. The van der Waals surface area contributed by atoms with Crippen LogP contribution in [0.1, 0.15) is 22.8 Å². The van der Waals surface area contributed by atoms with Crippen LogP contribution in [0.5, 0.6) is 0 Å². The first-order valence-corrected chi connectivity index (χ1v) is 7.63. The summed E-state index contributed by atoms with van der Waals surface area (Å²) in [5.74, 6) is -1.51. The predicted molar refractivity (Wildman–Crippen MR) is 84.0 cm³/mol. The maximum atomic E-state index is 12.5. The van der Waals surface area contributed by atoms with Gasteiger partial charge in [0.15, 0.2) is 0 Å². The van der Waals surface area contributed by atoms with Gasteiger partial charge in [-0.25, -0.2) is 0 Å². The Bertz CT molecular complexity index is 711. The number of aliphatic carboxylic acids is 1. The Kier molecular flexibility index (Phi) is 4.14. The number of carbonyl (C=O) groups excluding carboxylic acids is 1. The first-order valence-electron chi connectivity index (χ1n) is 7.63. The van der Waals surface area contributed by atoms with Crippen LogP contribution in [0.15, 0.2) is 42.7 Å². The van der Waals surface area contributed by atoms with Gasteiger partial charge in [0, 0.05) is 19.3 Å². The lowest BCUT2D eigenvalue weighted by atomic mass is 9.99. The fourth-order valence-corrected chi connectivity index (χ4v) is 2.97. The van der Waals surface area contributed by atoms with Crippen molar-refractivity contribution in [1.82, 2.24) is 14.7 Å². The summed E-state index contributed by atoms with van der Waals surface area (Å²) in [7, 11) is 0. The number of rotatable bonds is 4. The highest BCUT2D eigenvalue weighted by Crippen LogP contribution is 2.24. The summed E-state index contributed by atoms with van der Waals surface area (Å²) >= 11 is 0. The molecule has 2 aromatic rings. The van der Waals surface area contributed by atoms with Gasteiger partial charge < -0.3 is 10.0 Å². The molecule has 2 atom stereocenters. The molecule has 1 N–H and O–H groups in total. The lowest BCUT2D eigenvalue weighted by molar-refractivity contribution is -0.142. The Morgan fingerprint density at radius 1 is 1.26 bits per heavy atom. The number of carboxylic acids is 1. The molecule has 0 aliphatic carbocycles. The van der Waals surface area contributed by atoms with Crippen LogP contribution in [0.25, 0.3) is 0 Å². The Hall–Kier alpha value is -2.63. The van der Waals surface area contributed by atoms with Crippen molar-refractivity contribution >= 4 is 11.9 Å². The Balaban J connectivity index is 1.68. The second kappa shape index (κ2) is 6.24. The molecular formula is C17H19N3O3. The largest absolute Gasteiger partial charge is 0.481 e. The van der Waals surface area contributed by atoms with E-state index in [1.54, 1.807) is 22.0 Å². The molecule has 1 saturated heterocycles. The Morgan fingerprint density at radius 3 is 2.65 bits per heavy atom. The lowest BCUT2D eigenvalue weighted by Gasteiger charge is -2.14. The second-order valence-corrected chi connectivity index (χ2v) is 6.04. The molecule has 1 amide bonds. The third-order valence-electron chi connectivity index (χ3n) is 4.28. The molecule has 0 radical (unpaired) electrons. The standard InChI is InChI=1S/C17H19N3O3/c1-12-8-19(11-15(12)17(22)23)16(21)14-7-18-20(10-14)9-13-5-3-2-4-6-13/h2-7,10,12,15H,8-9,11H2,1H3,(H,22,23)/t12-,15-/m1/s1. The molecule has 0 unspecified atom stereocenters. The summed E-state index contributed by atoms with van der Waals surface area (Å²) in [4.78, 5) is 25.3. The number of aromatic nitrogens is 2. The van der Waals surface area contributed by atoms with E-state index >= 15 is 0 Å². The van der Waals surface area contributed by atoms with E-state index in [9.17, 15) is 9.59 Å². The van der Waals surface area contributed by atoms with Crippen LogP contribution in [0.2, 0.25) is 0 Å². The fraction of sp³-hybridized carbons (Fsp3) is 0.353. The van der Waals surface area contributed by atoms with Gasteiger partial charge in [0.25, 0.3) is 5.91 Å². The number of amides is 1. The number of hydrogen-bond donors (Lipinski definition) is 1. The summed E-state index contributed by atoms with van der Waals surface area (Å²) < 4.78 is 1.72. The van der Waals surface area contributed by atoms with E-state index in [0.717, 1.165) is 5.56 Å². The van der Waals surface area contributed by atoms with E-state index in [-0.39, 0.29) is 18.4 Å². The van der Waals surface area contributed by atoms with Gasteiger partial charge in [0.05, 0.1) is 24.2 Å². The van der Waals surface area contributed by atoms with Gasteiger partial charge in [0.2, 0.25) is 0 Å². The maximum Gasteiger partial charge on any atom is 0.308 e. The summed E-state index contributed by atoms with van der Waals surface area (Å²) in [5, 5.41) is 13.4. The minimum absolute atomic E-state index is 0.0317. The molecule has 1 aliphatic rings. The maximum absolute atomic E-state index is 12.5. The van der Waals surface area contributed by atoms with Crippen molar-refractivity contribution < 1.29 is 14.7 Å². The van der Waals surface area contributed by atoms with Gasteiger partial charge in [-0.1, -0.05) is 37.3 Å². The first-order chi connectivity index (χ1) is 11.0.